The van der Waals surface area contributed by atoms with Gasteiger partial charge in [-0.25, -0.2) is 0 Å². The Morgan fingerprint density at radius 2 is 2.25 bits per heavy atom. The summed E-state index contributed by atoms with van der Waals surface area (Å²) < 4.78 is 5.35. The van der Waals surface area contributed by atoms with Gasteiger partial charge in [-0.05, 0) is 27.8 Å². The van der Waals surface area contributed by atoms with Crippen molar-refractivity contribution in [3.8, 4) is 6.07 Å². The number of nitrogens with one attached hydrogen (secondary N) is 1. The van der Waals surface area contributed by atoms with E-state index in [1.807, 2.05) is 20.8 Å². The summed E-state index contributed by atoms with van der Waals surface area (Å²) in [6.07, 6.45) is 0.848. The molecule has 0 radical (unpaired) electrons. The maximum absolute atomic E-state index is 8.83. The number of hydrogen-bond acceptors (Lipinski definition) is 3. The monoisotopic (exact) mass is 170 g/mol. The van der Waals surface area contributed by atoms with Gasteiger partial charge in [-0.2, -0.15) is 5.26 Å². The Hall–Kier alpha value is -0.590. The van der Waals surface area contributed by atoms with Gasteiger partial charge in [0.2, 0.25) is 0 Å². The number of rotatable bonds is 5. The lowest BCUT2D eigenvalue weighted by Gasteiger charge is -2.24. The third-order valence-electron chi connectivity index (χ3n) is 1.95. The zero-order valence-corrected chi connectivity index (χ0v) is 8.35. The van der Waals surface area contributed by atoms with Crippen LogP contribution in [0.1, 0.15) is 27.2 Å². The first-order chi connectivity index (χ1) is 5.58. The molecule has 0 rings (SSSR count). The first kappa shape index (κ1) is 11.4. The fourth-order valence-electron chi connectivity index (χ4n) is 1.12. The molecule has 0 saturated carbocycles. The third-order valence-corrected chi connectivity index (χ3v) is 1.95. The number of nitrogens with zero attached hydrogens (tertiary/aromatic N) is 1. The Morgan fingerprint density at radius 1 is 1.67 bits per heavy atom. The number of hydrogen-bond donors (Lipinski definition) is 1. The normalized spacial score (nSPS) is 17.9. The zero-order chi connectivity index (χ0) is 9.61. The van der Waals surface area contributed by atoms with Crippen LogP contribution in [0.15, 0.2) is 0 Å². The molecule has 0 spiro atoms. The van der Waals surface area contributed by atoms with Crippen LogP contribution in [0.4, 0.5) is 0 Å². The van der Waals surface area contributed by atoms with E-state index in [2.05, 4.69) is 11.4 Å². The molecule has 3 nitrogen and oxygen atoms in total. The van der Waals surface area contributed by atoms with Crippen LogP contribution in [0.25, 0.3) is 0 Å². The van der Waals surface area contributed by atoms with Crippen LogP contribution in [0, 0.1) is 11.3 Å². The van der Waals surface area contributed by atoms with Crippen LogP contribution in [0.2, 0.25) is 0 Å². The van der Waals surface area contributed by atoms with Crippen LogP contribution < -0.4 is 5.32 Å². The average Bonchev–Trinajstić information content (AvgIpc) is 2.05. The molecule has 2 unspecified atom stereocenters. The Morgan fingerprint density at radius 3 is 2.58 bits per heavy atom. The maximum Gasteiger partial charge on any atom is 0.106 e. The molecule has 0 aromatic heterocycles. The van der Waals surface area contributed by atoms with Crippen LogP contribution in [-0.2, 0) is 4.74 Å². The molecule has 0 fully saturated rings. The Balaban J connectivity index is 3.95. The number of nitriles is 1. The molecule has 0 aliphatic carbocycles. The summed E-state index contributed by atoms with van der Waals surface area (Å²) in [5.41, 5.74) is -0.464. The van der Waals surface area contributed by atoms with Crippen molar-refractivity contribution in [3.05, 3.63) is 0 Å². The van der Waals surface area contributed by atoms with Gasteiger partial charge in [0.1, 0.15) is 5.54 Å². The van der Waals surface area contributed by atoms with E-state index in [4.69, 9.17) is 10.00 Å². The highest BCUT2D eigenvalue weighted by atomic mass is 16.5. The minimum Gasteiger partial charge on any atom is -0.379 e. The maximum atomic E-state index is 8.83. The molecule has 0 amide bonds. The van der Waals surface area contributed by atoms with Gasteiger partial charge in [0.15, 0.2) is 0 Å². The predicted molar refractivity (Wildman–Crippen MR) is 48.8 cm³/mol. The smallest absolute Gasteiger partial charge is 0.106 e. The first-order valence-corrected chi connectivity index (χ1v) is 4.29. The second kappa shape index (κ2) is 5.13. The molecule has 1 N–H and O–H groups in total. The lowest BCUT2D eigenvalue weighted by Crippen LogP contribution is -2.41. The van der Waals surface area contributed by atoms with E-state index in [1.54, 1.807) is 7.05 Å². The van der Waals surface area contributed by atoms with Crippen LogP contribution in [0.5, 0.6) is 0 Å². The Labute approximate surface area is 74.7 Å². The van der Waals surface area contributed by atoms with E-state index in [1.165, 1.54) is 0 Å². The lowest BCUT2D eigenvalue weighted by atomic mass is 9.97. The largest absolute Gasteiger partial charge is 0.379 e. The molecule has 0 saturated heterocycles. The van der Waals surface area contributed by atoms with Gasteiger partial charge in [0.25, 0.3) is 0 Å². The van der Waals surface area contributed by atoms with E-state index >= 15 is 0 Å². The summed E-state index contributed by atoms with van der Waals surface area (Å²) in [7, 11) is 1.79. The lowest BCUT2D eigenvalue weighted by molar-refractivity contribution is 0.0576. The van der Waals surface area contributed by atoms with Crippen molar-refractivity contribution in [1.82, 2.24) is 5.32 Å². The quantitative estimate of drug-likeness (QED) is 0.676. The summed E-state index contributed by atoms with van der Waals surface area (Å²) in [5, 5.41) is 11.8. The van der Waals surface area contributed by atoms with Gasteiger partial charge in [-0.3, -0.25) is 0 Å². The summed E-state index contributed by atoms with van der Waals surface area (Å²) in [6, 6.07) is 2.23. The van der Waals surface area contributed by atoms with E-state index in [-0.39, 0.29) is 6.10 Å². The third kappa shape index (κ3) is 3.70. The molecule has 0 aromatic carbocycles. The van der Waals surface area contributed by atoms with E-state index in [9.17, 15) is 0 Å². The minimum absolute atomic E-state index is 0.132. The second-order valence-electron chi connectivity index (χ2n) is 3.16. The van der Waals surface area contributed by atoms with Crippen LogP contribution in [0.3, 0.4) is 0 Å². The standard InChI is InChI=1S/C9H18N2O/c1-5-12-8(2)6-9(3,7-10)11-4/h8,11H,5-6H2,1-4H3. The molecule has 2 atom stereocenters. The fraction of sp³-hybridized carbons (Fsp3) is 0.889. The zero-order valence-electron chi connectivity index (χ0n) is 8.35. The molecular formula is C9H18N2O. The van der Waals surface area contributed by atoms with Crippen molar-refractivity contribution in [2.75, 3.05) is 13.7 Å². The second-order valence-corrected chi connectivity index (χ2v) is 3.16. The SMILES string of the molecule is CCOC(C)CC(C)(C#N)NC. The molecule has 0 aliphatic rings. The molecular weight excluding hydrogens is 152 g/mol. The molecule has 0 aromatic rings. The highest BCUT2D eigenvalue weighted by Gasteiger charge is 2.23. The van der Waals surface area contributed by atoms with E-state index in [0.29, 0.717) is 13.0 Å². The van der Waals surface area contributed by atoms with Gasteiger partial charge in [0, 0.05) is 13.0 Å². The summed E-state index contributed by atoms with van der Waals surface area (Å²) in [4.78, 5) is 0. The molecule has 12 heavy (non-hydrogen) atoms. The van der Waals surface area contributed by atoms with Crippen LogP contribution >= 0.6 is 0 Å². The van der Waals surface area contributed by atoms with Crippen molar-refractivity contribution in [2.24, 2.45) is 0 Å². The number of ether oxygens (including phenoxy) is 1. The van der Waals surface area contributed by atoms with Gasteiger partial charge < -0.3 is 10.1 Å². The van der Waals surface area contributed by atoms with Crippen LogP contribution in [-0.4, -0.2) is 25.3 Å². The highest BCUT2D eigenvalue weighted by molar-refractivity contribution is 5.03. The molecule has 0 bridgehead atoms. The topological polar surface area (TPSA) is 45.0 Å². The highest BCUT2D eigenvalue weighted by Crippen LogP contribution is 2.12. The Bertz CT molecular complexity index is 164. The van der Waals surface area contributed by atoms with Crippen molar-refractivity contribution in [2.45, 2.75) is 38.8 Å². The first-order valence-electron chi connectivity index (χ1n) is 4.29. The summed E-state index contributed by atoms with van der Waals surface area (Å²) in [5.74, 6) is 0. The Kier molecular flexibility index (Phi) is 4.87. The predicted octanol–water partition coefficient (Wildman–Crippen LogP) is 1.30. The van der Waals surface area contributed by atoms with Gasteiger partial charge in [-0.1, -0.05) is 0 Å². The molecule has 0 heterocycles. The van der Waals surface area contributed by atoms with E-state index < -0.39 is 5.54 Å². The summed E-state index contributed by atoms with van der Waals surface area (Å²) >= 11 is 0. The van der Waals surface area contributed by atoms with Crippen molar-refractivity contribution in [1.29, 1.82) is 5.26 Å². The van der Waals surface area contributed by atoms with Crippen molar-refractivity contribution in [3.63, 3.8) is 0 Å². The van der Waals surface area contributed by atoms with Gasteiger partial charge in [0.05, 0.1) is 12.2 Å². The molecule has 0 aliphatic heterocycles. The fourth-order valence-corrected chi connectivity index (χ4v) is 1.12. The average molecular weight is 170 g/mol. The van der Waals surface area contributed by atoms with E-state index in [0.717, 1.165) is 0 Å². The van der Waals surface area contributed by atoms with Gasteiger partial charge in [-0.15, -0.1) is 0 Å². The summed E-state index contributed by atoms with van der Waals surface area (Å²) in [6.45, 7) is 6.52. The minimum atomic E-state index is -0.464. The van der Waals surface area contributed by atoms with Crippen molar-refractivity contribution < 1.29 is 4.74 Å². The van der Waals surface area contributed by atoms with Crippen molar-refractivity contribution >= 4 is 0 Å². The van der Waals surface area contributed by atoms with Gasteiger partial charge >= 0.3 is 0 Å². The molecule has 70 valence electrons. The molecule has 3 heteroatoms.